The van der Waals surface area contributed by atoms with Gasteiger partial charge in [0.1, 0.15) is 6.29 Å². The van der Waals surface area contributed by atoms with Crippen LogP contribution in [-0.2, 0) is 117 Å². The molecule has 5 nitrogen and oxygen atoms in total. The quantitative estimate of drug-likeness (QED) is 0.243. The molecule has 0 aliphatic carbocycles. The number of rotatable bonds is 2. The second-order valence-electron chi connectivity index (χ2n) is 7.18. The summed E-state index contributed by atoms with van der Waals surface area (Å²) in [6.45, 7) is 15.2. The van der Waals surface area contributed by atoms with E-state index < -0.39 is 5.97 Å². The maximum Gasteiger partial charge on any atom is 0.300 e. The van der Waals surface area contributed by atoms with Crippen LogP contribution in [0.3, 0.4) is 0 Å². The smallest absolute Gasteiger partial charge is 0.300 e. The minimum absolute atomic E-state index is 0. The Morgan fingerprint density at radius 1 is 0.721 bits per heavy atom. The molecule has 2 fully saturated rings. The number of carboxylic acids is 1. The summed E-state index contributed by atoms with van der Waals surface area (Å²) < 4.78 is 0. The molecule has 2 radical (unpaired) electrons. The van der Waals surface area contributed by atoms with Gasteiger partial charge in [-0.25, -0.2) is 0 Å². The number of benzene rings is 2. The van der Waals surface area contributed by atoms with Crippen molar-refractivity contribution in [3.05, 3.63) is 88.4 Å². The van der Waals surface area contributed by atoms with Crippen molar-refractivity contribution in [3.8, 4) is 0 Å². The van der Waals surface area contributed by atoms with E-state index in [1.54, 1.807) is 0 Å². The summed E-state index contributed by atoms with van der Waals surface area (Å²) in [4.78, 5) is 22.6. The van der Waals surface area contributed by atoms with Gasteiger partial charge < -0.3 is 47.4 Å². The van der Waals surface area contributed by atoms with Crippen molar-refractivity contribution < 1.29 is 198 Å². The standard InChI is InChI=1S/2C11H14N.C2H4O2.C2H4O.2C2H6.2CH3.2Ar.2W.2Y/c2*1-3-7-11(8-4-1)12-9-5-2-6-10-12;1-2(3)4;1-2-3;2*1-2;;;;;;;;/h2*1,3-5,7-8H,2,6,9-10H2;1H3,(H,3,4);2H,1H3;2*1-2H3;2*1H3;;;;;;/q2*-1;;;;;2*-1;;;;;;. The molecular weight excluding hydrogens is 1090 g/mol. The average molecular weight is 1140 g/mol. The van der Waals surface area contributed by atoms with Crippen LogP contribution in [0.25, 0.3) is 0 Å². The fourth-order valence-corrected chi connectivity index (χ4v) is 3.28. The molecule has 11 heteroatoms. The molecule has 0 unspecified atom stereocenters. The van der Waals surface area contributed by atoms with E-state index in [1.807, 2.05) is 27.7 Å². The van der Waals surface area contributed by atoms with Gasteiger partial charge in [-0.2, -0.15) is 12.8 Å². The van der Waals surface area contributed by atoms with Gasteiger partial charge in [0.25, 0.3) is 5.97 Å². The Labute approximate surface area is 405 Å². The molecule has 2 aromatic carbocycles. The normalized spacial score (nSPS) is 11.1. The number of carboxylic acid groups (broad SMARTS) is 1. The molecule has 0 atom stereocenters. The van der Waals surface area contributed by atoms with Crippen LogP contribution < -0.4 is 9.80 Å². The van der Waals surface area contributed by atoms with Crippen molar-refractivity contribution in [1.82, 2.24) is 0 Å². The Hall–Kier alpha value is 3.28. The summed E-state index contributed by atoms with van der Waals surface area (Å²) in [5.74, 6) is -0.833. The van der Waals surface area contributed by atoms with E-state index in [0.717, 1.165) is 26.3 Å². The Kier molecular flexibility index (Phi) is 96.5. The van der Waals surface area contributed by atoms with Crippen LogP contribution in [0.15, 0.2) is 60.7 Å². The molecular formula is C32H54Ar2N2O3W2Y2-4. The van der Waals surface area contributed by atoms with Crippen LogP contribution in [0.4, 0.5) is 11.4 Å². The number of hydrogen-bond acceptors (Lipinski definition) is 4. The average Bonchev–Trinajstić information content (AvgIpc) is 2.93. The van der Waals surface area contributed by atoms with E-state index in [1.165, 1.54) is 57.1 Å². The van der Waals surface area contributed by atoms with Gasteiger partial charge in [0.15, 0.2) is 0 Å². The van der Waals surface area contributed by atoms with Gasteiger partial charge in [0.05, 0.1) is 0 Å². The van der Waals surface area contributed by atoms with Crippen molar-refractivity contribution in [2.24, 2.45) is 0 Å². The first-order valence-electron chi connectivity index (χ1n) is 12.9. The largest absolute Gasteiger partial charge is 0.481 e. The topological polar surface area (TPSA) is 60.9 Å². The first kappa shape index (κ1) is 72.1. The maximum absolute atomic E-state index is 9.00. The van der Waals surface area contributed by atoms with Crippen LogP contribution >= 0.6 is 0 Å². The second kappa shape index (κ2) is 57.5. The zero-order valence-electron chi connectivity index (χ0n) is 27.5. The molecule has 0 amide bonds. The predicted octanol–water partition coefficient (Wildman–Crippen LogP) is 8.22. The first-order chi connectivity index (χ1) is 17.1. The number of hydrogen-bond donors (Lipinski definition) is 1. The van der Waals surface area contributed by atoms with Crippen molar-refractivity contribution >= 4 is 23.6 Å². The third kappa shape index (κ3) is 45.3. The van der Waals surface area contributed by atoms with E-state index in [-0.39, 0.29) is 198 Å². The number of para-hydroxylation sites is 2. The third-order valence-electron chi connectivity index (χ3n) is 4.61. The number of nitrogens with zero attached hydrogens (tertiary/aromatic N) is 2. The fraction of sp³-hybridized carbons (Fsp3) is 0.438. The summed E-state index contributed by atoms with van der Waals surface area (Å²) in [7, 11) is 0. The molecule has 2 aromatic rings. The van der Waals surface area contributed by atoms with E-state index in [4.69, 9.17) is 14.7 Å². The first-order valence-corrected chi connectivity index (χ1v) is 12.9. The zero-order valence-corrected chi connectivity index (χ0v) is 40.5. The summed E-state index contributed by atoms with van der Waals surface area (Å²) in [6.07, 6.45) is 10.6. The fourth-order valence-electron chi connectivity index (χ4n) is 3.28. The van der Waals surface area contributed by atoms with Crippen LogP contribution in [-0.4, -0.2) is 43.5 Å². The summed E-state index contributed by atoms with van der Waals surface area (Å²) >= 11 is 0. The second-order valence-corrected chi connectivity index (χ2v) is 7.18. The molecule has 2 aliphatic heterocycles. The molecule has 4 rings (SSSR count). The number of carbonyl (C=O) groups excluding carboxylic acids is 1. The third-order valence-corrected chi connectivity index (χ3v) is 4.61. The van der Waals surface area contributed by atoms with Crippen LogP contribution in [0, 0.1) is 103 Å². The SMILES string of the molecule is CC.CC.CC(=O)O.CC=O.[Ar].[Ar].[CH3-].[CH3-].[W].[W].[Y].[Y].c1ccc(N2C[CH-]CCC2)cc1.c1ccc(N2C[CH-]CCC2)cc1. The van der Waals surface area contributed by atoms with E-state index in [2.05, 4.69) is 83.3 Å². The van der Waals surface area contributed by atoms with Gasteiger partial charge in [-0.3, -0.25) is 4.79 Å². The van der Waals surface area contributed by atoms with Gasteiger partial charge in [0.2, 0.25) is 0 Å². The number of carbonyl (C=O) groups is 2. The maximum atomic E-state index is 9.00. The van der Waals surface area contributed by atoms with Gasteiger partial charge in [-0.05, 0) is 31.2 Å². The monoisotopic (exact) mass is 1140 g/mol. The van der Waals surface area contributed by atoms with Gasteiger partial charge in [-0.1, -0.05) is 76.9 Å². The Balaban J connectivity index is -0.0000000418. The molecule has 43 heavy (non-hydrogen) atoms. The van der Waals surface area contributed by atoms with Crippen molar-refractivity contribution in [3.63, 3.8) is 0 Å². The summed E-state index contributed by atoms with van der Waals surface area (Å²) in [5.41, 5.74) is 2.71. The summed E-state index contributed by atoms with van der Waals surface area (Å²) in [6, 6.07) is 21.3. The molecule has 0 aromatic heterocycles. The molecule has 0 saturated carbocycles. The zero-order chi connectivity index (χ0) is 26.7. The number of piperidine rings is 2. The van der Waals surface area contributed by atoms with E-state index in [9.17, 15) is 0 Å². The molecule has 0 spiro atoms. The molecule has 0 bridgehead atoms. The summed E-state index contributed by atoms with van der Waals surface area (Å²) in [5, 5.41) is 7.42. The van der Waals surface area contributed by atoms with Crippen LogP contribution in [0.1, 0.15) is 67.2 Å². The molecule has 2 heterocycles. The van der Waals surface area contributed by atoms with Crippen LogP contribution in [0.5, 0.6) is 0 Å². The van der Waals surface area contributed by atoms with E-state index >= 15 is 0 Å². The van der Waals surface area contributed by atoms with Gasteiger partial charge in [-0.15, -0.1) is 13.1 Å². The number of anilines is 2. The Morgan fingerprint density at radius 2 is 0.953 bits per heavy atom. The van der Waals surface area contributed by atoms with Crippen LogP contribution in [0.2, 0.25) is 0 Å². The number of aldehydes is 1. The van der Waals surface area contributed by atoms with Crippen molar-refractivity contribution in [2.75, 3.05) is 36.0 Å². The molecule has 2 aliphatic rings. The minimum Gasteiger partial charge on any atom is -0.481 e. The van der Waals surface area contributed by atoms with E-state index in [0.29, 0.717) is 0 Å². The Morgan fingerprint density at radius 3 is 1.14 bits per heavy atom. The molecule has 2 saturated heterocycles. The Bertz CT molecular complexity index is 674. The molecule has 1 N–H and O–H groups in total. The van der Waals surface area contributed by atoms with Crippen molar-refractivity contribution in [2.45, 2.75) is 67.2 Å². The molecule has 248 valence electrons. The minimum atomic E-state index is -0.833. The van der Waals surface area contributed by atoms with Gasteiger partial charge >= 0.3 is 0 Å². The number of aliphatic carboxylic acids is 1. The van der Waals surface area contributed by atoms with Gasteiger partial charge in [0, 0.05) is 214 Å². The predicted molar refractivity (Wildman–Crippen MR) is 165 cm³/mol. The van der Waals surface area contributed by atoms with Crippen molar-refractivity contribution in [1.29, 1.82) is 0 Å².